The second kappa shape index (κ2) is 39.0. The molecule has 0 unspecified atom stereocenters. The summed E-state index contributed by atoms with van der Waals surface area (Å²) in [5.41, 5.74) is 7.70. The van der Waals surface area contributed by atoms with E-state index in [1.165, 1.54) is 38.9 Å². The lowest BCUT2D eigenvalue weighted by Gasteiger charge is -2.14. The van der Waals surface area contributed by atoms with Crippen LogP contribution in [-0.4, -0.2) is 197 Å². The maximum absolute atomic E-state index is 13.0. The second-order valence-corrected chi connectivity index (χ2v) is 36.8. The summed E-state index contributed by atoms with van der Waals surface area (Å²) in [5.74, 6) is 7.91. The molecule has 684 valence electrons. The minimum absolute atomic E-state index is 0.00859. The number of fused-ring (bicyclic) bond motifs is 8. The lowest BCUT2D eigenvalue weighted by molar-refractivity contribution is 0.0724. The zero-order chi connectivity index (χ0) is 93.3. The Kier molecular flexibility index (Phi) is 26.7. The van der Waals surface area contributed by atoms with Gasteiger partial charge >= 0.3 is 0 Å². The molecule has 2 N–H and O–H groups in total. The van der Waals surface area contributed by atoms with Gasteiger partial charge in [-0.2, -0.15) is 0 Å². The number of likely N-dealkylation sites (tertiary alicyclic amines) is 3. The molecule has 0 saturated carbocycles. The number of furan rings is 4. The van der Waals surface area contributed by atoms with Gasteiger partial charge in [0.25, 0.3) is 35.4 Å². The Hall–Kier alpha value is -13.7. The van der Waals surface area contributed by atoms with Gasteiger partial charge in [0.05, 0.1) is 101 Å². The molecule has 4 aromatic carbocycles. The Morgan fingerprint density at radius 1 is 0.459 bits per heavy atom. The fourth-order valence-corrected chi connectivity index (χ4v) is 20.8. The highest BCUT2D eigenvalue weighted by atomic mass is 32.1. The monoisotopic (exact) mass is 1870 g/mol. The van der Waals surface area contributed by atoms with Crippen LogP contribution in [0.4, 0.5) is 0 Å². The zero-order valence-corrected chi connectivity index (χ0v) is 78.8. The van der Waals surface area contributed by atoms with E-state index in [1.54, 1.807) is 142 Å². The number of Topliss-reactive ketones (excluding diaryl/α,β-unsaturated/α-hetero) is 1. The van der Waals surface area contributed by atoms with Gasteiger partial charge < -0.3 is 85.6 Å². The Morgan fingerprint density at radius 3 is 1.20 bits per heavy atom. The number of imidazole rings is 1. The van der Waals surface area contributed by atoms with Gasteiger partial charge in [-0.3, -0.25) is 53.5 Å². The third-order valence-electron chi connectivity index (χ3n) is 23.5. The average molecular weight is 1870 g/mol. The number of nitrogens with one attached hydrogen (secondary N) is 2. The fourth-order valence-electron chi connectivity index (χ4n) is 16.6. The van der Waals surface area contributed by atoms with Gasteiger partial charge in [0.15, 0.2) is 5.78 Å². The van der Waals surface area contributed by atoms with Crippen molar-refractivity contribution in [2.24, 2.45) is 7.05 Å². The maximum atomic E-state index is 13.0. The number of rotatable bonds is 22. The van der Waals surface area contributed by atoms with Crippen molar-refractivity contribution in [1.29, 1.82) is 0 Å². The van der Waals surface area contributed by atoms with E-state index in [9.17, 15) is 33.6 Å². The summed E-state index contributed by atoms with van der Waals surface area (Å²) in [6.45, 7) is 15.2. The van der Waals surface area contributed by atoms with Crippen molar-refractivity contribution in [1.82, 2.24) is 59.7 Å². The SMILES string of the molecule is CCC(=O)c1c(CC)oc2cc(Oc3ccnc4cc(C(=O)N5CC[C@@H](OC)C5)sc34)ccc12.CNC(=O)c1c(C(C)C)oc2cc(Oc3ccnc4cc(C(=O)N5CC[C@@H](OC)C5)sc34)ccc12.CNC(=O)c1c(C)oc2cc(Oc3ccnc4cc(-c5nccn5C)sc34)ccc12.CO[C@@H]1CCN(C(=O)c2cc3nccc(Oc4ccc5c(C(=O)N(C)C)c(C)oc5c4)c3s2)C1. The lowest BCUT2D eigenvalue weighted by atomic mass is 10.0. The largest absolute Gasteiger partial charge is 0.460 e. The van der Waals surface area contributed by atoms with Gasteiger partial charge in [-0.25, -0.2) is 4.98 Å². The van der Waals surface area contributed by atoms with E-state index in [0.717, 1.165) is 81.3 Å². The number of thiophene rings is 4. The number of ketones is 1. The molecule has 34 heteroatoms. The number of methoxy groups -OCH3 is 3. The molecular weight excluding hydrogens is 1770 g/mol. The van der Waals surface area contributed by atoms with E-state index < -0.39 is 0 Å². The van der Waals surface area contributed by atoms with Crippen LogP contribution in [0, 0.1) is 13.8 Å². The van der Waals surface area contributed by atoms with Gasteiger partial charge in [0.2, 0.25) is 0 Å². The van der Waals surface area contributed by atoms with E-state index in [2.05, 4.69) is 35.6 Å². The Bertz CT molecular complexity index is 7350. The Balaban J connectivity index is 0.000000124. The number of amides is 6. The molecule has 20 rings (SSSR count). The number of benzene rings is 4. The number of pyridine rings is 4. The van der Waals surface area contributed by atoms with Crippen molar-refractivity contribution < 1.29 is 84.4 Å². The minimum atomic E-state index is -0.178. The Morgan fingerprint density at radius 2 is 0.827 bits per heavy atom. The highest BCUT2D eigenvalue weighted by Crippen LogP contribution is 2.45. The van der Waals surface area contributed by atoms with Crippen molar-refractivity contribution >= 4 is 171 Å². The molecule has 133 heavy (non-hydrogen) atoms. The minimum Gasteiger partial charge on any atom is -0.460 e. The van der Waals surface area contributed by atoms with Crippen LogP contribution in [0.15, 0.2) is 176 Å². The van der Waals surface area contributed by atoms with E-state index >= 15 is 0 Å². The van der Waals surface area contributed by atoms with Crippen LogP contribution in [0.3, 0.4) is 0 Å². The summed E-state index contributed by atoms with van der Waals surface area (Å²) >= 11 is 5.71. The molecule has 3 atom stereocenters. The van der Waals surface area contributed by atoms with Gasteiger partial charge in [-0.15, -0.1) is 45.3 Å². The standard InChI is InChI=1S/C26H27N3O5S.C26H26N2O5S.C25H25N3O5S.C22H18N4O3S/c1-14(2)23-22(25(30)27-3)17-6-5-15(11-20(17)34-23)33-19-7-9-28-18-12-21(35-24(18)19)26(31)29-10-8-16(13-29)32-4;1-4-19(29)24-17-7-6-15(12-22(17)33-20(24)5-2)32-21-8-10-27-18-13-23(34-25(18)21)26(30)28-11-9-16(14-28)31-3;1-14-22(25(30)27(2)3)17-6-5-15(11-20(17)32-14)33-19-7-9-26-18-12-21(34-23(18)19)24(29)28-10-8-16(13-28)31-4;1-12-19(22(27)23-2)14-5-4-13(10-17(14)28-12)29-16-6-7-24-15-11-18(30-20(15)16)21-25-8-9-26(21)3/h5-7,9,11-12,14,16H,8,10,13H2,1-4H3,(H,27,30);6-8,10,12-13,16H,4-5,9,11,14H2,1-3H3;5-7,9,11-12,16H,8,10,13H2,1-4H3;4-11H,1-3H3,(H,23,27)/t3*16-;/m111./s1. The van der Waals surface area contributed by atoms with Crippen molar-refractivity contribution in [3.05, 3.63) is 218 Å². The normalized spacial score (nSPS) is 14.9. The van der Waals surface area contributed by atoms with Crippen molar-refractivity contribution in [2.45, 2.75) is 97.9 Å². The molecule has 3 fully saturated rings. The first kappa shape index (κ1) is 91.2. The molecule has 13 aromatic heterocycles. The van der Waals surface area contributed by atoms with Gasteiger partial charge in [-0.05, 0) is 106 Å². The molecule has 3 aliphatic heterocycles. The molecule has 6 amide bonds. The fraction of sp³-hybridized carbons (Fsp3) is 0.293. The van der Waals surface area contributed by atoms with Crippen LogP contribution in [0.5, 0.6) is 46.0 Å². The van der Waals surface area contributed by atoms with Crippen LogP contribution in [0.1, 0.15) is 153 Å². The predicted molar refractivity (Wildman–Crippen MR) is 512 cm³/mol. The quantitative estimate of drug-likeness (QED) is 0.0595. The van der Waals surface area contributed by atoms with Crippen LogP contribution in [0.2, 0.25) is 0 Å². The topological polar surface area (TPSA) is 343 Å². The van der Waals surface area contributed by atoms with E-state index in [-0.39, 0.29) is 65.5 Å². The number of nitrogens with zero attached hydrogens (tertiary/aromatic N) is 10. The summed E-state index contributed by atoms with van der Waals surface area (Å²) in [7, 11) is 13.6. The number of ether oxygens (including phenoxy) is 7. The van der Waals surface area contributed by atoms with Crippen molar-refractivity contribution in [2.75, 3.05) is 88.8 Å². The van der Waals surface area contributed by atoms with Crippen LogP contribution >= 0.6 is 45.3 Å². The Labute approximate surface area is 779 Å². The molecule has 17 aromatic rings. The predicted octanol–water partition coefficient (Wildman–Crippen LogP) is 20.6. The molecule has 3 saturated heterocycles. The van der Waals surface area contributed by atoms with Crippen LogP contribution < -0.4 is 29.6 Å². The average Bonchev–Trinajstić information content (AvgIpc) is 1.64. The first-order valence-corrected chi connectivity index (χ1v) is 46.6. The summed E-state index contributed by atoms with van der Waals surface area (Å²) in [4.78, 5) is 121. The van der Waals surface area contributed by atoms with E-state index in [4.69, 9.17) is 50.8 Å². The van der Waals surface area contributed by atoms with Crippen molar-refractivity contribution in [3.8, 4) is 56.7 Å². The second-order valence-electron chi connectivity index (χ2n) is 32.6. The van der Waals surface area contributed by atoms with Crippen LogP contribution in [0.25, 0.3) is 95.4 Å². The molecule has 0 aliphatic carbocycles. The van der Waals surface area contributed by atoms with Gasteiger partial charge in [0.1, 0.15) is 97.2 Å². The molecule has 16 heterocycles. The number of aryl methyl sites for hydroxylation is 4. The highest BCUT2D eigenvalue weighted by molar-refractivity contribution is 7.23. The maximum Gasteiger partial charge on any atom is 0.264 e. The molecule has 0 radical (unpaired) electrons. The number of carbonyl (C=O) groups is 7. The van der Waals surface area contributed by atoms with E-state index in [0.29, 0.717) is 191 Å². The number of hydrogen-bond acceptors (Lipinski definition) is 27. The third-order valence-corrected chi connectivity index (χ3v) is 28.0. The smallest absolute Gasteiger partial charge is 0.264 e. The molecular formula is C99H96N12O18S4. The first-order valence-electron chi connectivity index (χ1n) is 43.4. The third kappa shape index (κ3) is 18.6. The van der Waals surface area contributed by atoms with Gasteiger partial charge in [0, 0.05) is 222 Å². The van der Waals surface area contributed by atoms with Crippen LogP contribution in [-0.2, 0) is 27.7 Å². The van der Waals surface area contributed by atoms with Gasteiger partial charge in [-0.1, -0.05) is 27.7 Å². The number of aromatic nitrogens is 6. The summed E-state index contributed by atoms with van der Waals surface area (Å²) in [6, 6.07) is 36.5. The molecule has 30 nitrogen and oxygen atoms in total. The molecule has 0 spiro atoms. The highest BCUT2D eigenvalue weighted by Gasteiger charge is 2.34. The summed E-state index contributed by atoms with van der Waals surface area (Å²) < 4.78 is 69.9. The number of hydrogen-bond donors (Lipinski definition) is 2. The molecule has 0 bridgehead atoms. The zero-order valence-electron chi connectivity index (χ0n) is 75.6. The summed E-state index contributed by atoms with van der Waals surface area (Å²) in [6.07, 6.45) is 14.3. The molecule has 3 aliphatic rings. The first-order chi connectivity index (χ1) is 64.3. The lowest BCUT2D eigenvalue weighted by Crippen LogP contribution is -2.29. The van der Waals surface area contributed by atoms with Crippen molar-refractivity contribution in [3.63, 3.8) is 0 Å². The summed E-state index contributed by atoms with van der Waals surface area (Å²) in [5, 5.41) is 8.39. The van der Waals surface area contributed by atoms with E-state index in [1.807, 2.05) is 145 Å². The number of carbonyl (C=O) groups excluding carboxylic acids is 7.